The van der Waals surface area contributed by atoms with Crippen LogP contribution in [0.3, 0.4) is 0 Å². The van der Waals surface area contributed by atoms with Crippen LogP contribution < -0.4 is 24.3 Å². The number of hydrogen-bond donors (Lipinski definition) is 0. The van der Waals surface area contributed by atoms with Crippen molar-refractivity contribution in [3.63, 3.8) is 0 Å². The first kappa shape index (κ1) is 36.2. The van der Waals surface area contributed by atoms with Crippen LogP contribution in [0.5, 0.6) is 11.5 Å². The summed E-state index contributed by atoms with van der Waals surface area (Å²) in [7, 11) is 3.38. The lowest BCUT2D eigenvalue weighted by Crippen LogP contribution is -2.33. The lowest BCUT2D eigenvalue weighted by atomic mass is 9.97. The van der Waals surface area contributed by atoms with Crippen molar-refractivity contribution in [2.45, 2.75) is 12.5 Å². The number of methoxy groups -OCH3 is 2. The zero-order valence-corrected chi connectivity index (χ0v) is 29.7. The van der Waals surface area contributed by atoms with Crippen LogP contribution in [0, 0.1) is 22.7 Å². The fraction of sp³-hybridized carbons (Fsp3) is 0.341. The number of ether oxygens (including phenoxy) is 5. The minimum absolute atomic E-state index is 0.123. The van der Waals surface area contributed by atoms with E-state index in [1.807, 2.05) is 59.6 Å². The van der Waals surface area contributed by atoms with Crippen LogP contribution in [0.4, 0.5) is 17.1 Å². The lowest BCUT2D eigenvalue weighted by Gasteiger charge is -2.29. The van der Waals surface area contributed by atoms with E-state index in [2.05, 4.69) is 46.2 Å². The van der Waals surface area contributed by atoms with Gasteiger partial charge >= 0.3 is 0 Å². The van der Waals surface area contributed by atoms with E-state index in [1.54, 1.807) is 26.4 Å². The zero-order valence-electron chi connectivity index (χ0n) is 29.7. The standard InChI is InChI=1S/C41H44N6O5/c1-48-40-6-4-3-5-37(40)45-17-21-50-22-18-46(20-24-52-26-25-51-23-19-45)38-16-13-34(27-41(38)49-2)39-28-36(33-11-7-31(29-42)8-12-33)44-47(39)35-14-9-32(30-43)10-15-35/h3-16,27,39H,17-26,28H2,1-2H3. The largest absolute Gasteiger partial charge is 0.495 e. The Morgan fingerprint density at radius 3 is 1.75 bits per heavy atom. The average Bonchev–Trinajstić information content (AvgIpc) is 3.65. The number of hydrogen-bond acceptors (Lipinski definition) is 11. The van der Waals surface area contributed by atoms with Gasteiger partial charge in [0.05, 0.1) is 106 Å². The Morgan fingerprint density at radius 1 is 0.635 bits per heavy atom. The monoisotopic (exact) mass is 700 g/mol. The highest BCUT2D eigenvalue weighted by atomic mass is 16.5. The summed E-state index contributed by atoms with van der Waals surface area (Å²) in [6, 6.07) is 33.6. The molecule has 1 fully saturated rings. The van der Waals surface area contributed by atoms with E-state index in [9.17, 15) is 10.5 Å². The molecule has 0 aromatic heterocycles. The van der Waals surface area contributed by atoms with E-state index < -0.39 is 0 Å². The number of rotatable bonds is 7. The van der Waals surface area contributed by atoms with Crippen LogP contribution in [-0.2, 0) is 14.2 Å². The van der Waals surface area contributed by atoms with E-state index in [-0.39, 0.29) is 6.04 Å². The molecule has 11 nitrogen and oxygen atoms in total. The number of benzene rings is 4. The Bertz CT molecular complexity index is 1890. The van der Waals surface area contributed by atoms with E-state index >= 15 is 0 Å². The molecular weight excluding hydrogens is 656 g/mol. The second-order valence-electron chi connectivity index (χ2n) is 12.4. The summed E-state index contributed by atoms with van der Waals surface area (Å²) >= 11 is 0. The summed E-state index contributed by atoms with van der Waals surface area (Å²) in [6.45, 7) is 5.90. The minimum Gasteiger partial charge on any atom is -0.495 e. The molecule has 0 aliphatic carbocycles. The molecular formula is C41H44N6O5. The van der Waals surface area contributed by atoms with Crippen molar-refractivity contribution in [1.29, 1.82) is 10.5 Å². The van der Waals surface area contributed by atoms with Gasteiger partial charge in [-0.15, -0.1) is 0 Å². The topological polar surface area (TPSA) is 116 Å². The molecule has 2 aliphatic heterocycles. The van der Waals surface area contributed by atoms with Crippen LogP contribution in [0.15, 0.2) is 96.1 Å². The molecule has 6 rings (SSSR count). The summed E-state index contributed by atoms with van der Waals surface area (Å²) < 4.78 is 29.8. The predicted molar refractivity (Wildman–Crippen MR) is 202 cm³/mol. The van der Waals surface area contributed by atoms with Gasteiger partial charge < -0.3 is 33.5 Å². The molecule has 1 saturated heterocycles. The minimum atomic E-state index is -0.123. The summed E-state index contributed by atoms with van der Waals surface area (Å²) in [5.74, 6) is 1.56. The molecule has 0 amide bonds. The first-order valence-corrected chi connectivity index (χ1v) is 17.5. The van der Waals surface area contributed by atoms with Gasteiger partial charge in [0.2, 0.25) is 0 Å². The second-order valence-corrected chi connectivity index (χ2v) is 12.4. The van der Waals surface area contributed by atoms with Crippen molar-refractivity contribution in [2.75, 3.05) is 94.8 Å². The fourth-order valence-corrected chi connectivity index (χ4v) is 6.49. The second kappa shape index (κ2) is 18.1. The zero-order chi connectivity index (χ0) is 36.1. The molecule has 2 heterocycles. The Balaban J connectivity index is 1.21. The predicted octanol–water partition coefficient (Wildman–Crippen LogP) is 6.18. The summed E-state index contributed by atoms with van der Waals surface area (Å²) in [6.07, 6.45) is 0.647. The van der Waals surface area contributed by atoms with E-state index in [0.29, 0.717) is 83.4 Å². The quantitative estimate of drug-likeness (QED) is 0.221. The molecule has 268 valence electrons. The maximum atomic E-state index is 9.38. The number of nitrogens with zero attached hydrogens (tertiary/aromatic N) is 6. The van der Waals surface area contributed by atoms with Crippen LogP contribution >= 0.6 is 0 Å². The Morgan fingerprint density at radius 2 is 1.17 bits per heavy atom. The SMILES string of the molecule is COc1ccccc1N1CCOCCOCCN(c2ccc(C3CC(c4ccc(C#N)cc4)=NN3c3ccc(C#N)cc3)cc2OC)CCOCC1. The van der Waals surface area contributed by atoms with Gasteiger partial charge in [0.25, 0.3) is 0 Å². The number of anilines is 3. The van der Waals surface area contributed by atoms with Crippen molar-refractivity contribution in [3.8, 4) is 23.6 Å². The van der Waals surface area contributed by atoms with Gasteiger partial charge in [-0.25, -0.2) is 0 Å². The van der Waals surface area contributed by atoms with Gasteiger partial charge in [0, 0.05) is 32.6 Å². The van der Waals surface area contributed by atoms with Crippen molar-refractivity contribution >= 4 is 22.8 Å². The Kier molecular flexibility index (Phi) is 12.6. The number of nitriles is 2. The molecule has 52 heavy (non-hydrogen) atoms. The summed E-state index contributed by atoms with van der Waals surface area (Å²) in [5, 5.41) is 25.8. The number of hydrazone groups is 1. The molecule has 1 unspecified atom stereocenters. The van der Waals surface area contributed by atoms with E-state index in [0.717, 1.165) is 45.4 Å². The molecule has 4 aromatic rings. The lowest BCUT2D eigenvalue weighted by molar-refractivity contribution is 0.0530. The molecule has 2 aliphatic rings. The van der Waals surface area contributed by atoms with Crippen molar-refractivity contribution in [3.05, 3.63) is 113 Å². The average molecular weight is 701 g/mol. The molecule has 0 N–H and O–H groups in total. The first-order chi connectivity index (χ1) is 25.6. The highest BCUT2D eigenvalue weighted by molar-refractivity contribution is 6.03. The smallest absolute Gasteiger partial charge is 0.142 e. The highest BCUT2D eigenvalue weighted by Gasteiger charge is 2.31. The maximum Gasteiger partial charge on any atom is 0.142 e. The third-order valence-electron chi connectivity index (χ3n) is 9.27. The van der Waals surface area contributed by atoms with Gasteiger partial charge in [-0.05, 0) is 71.8 Å². The van der Waals surface area contributed by atoms with Crippen molar-refractivity contribution < 1.29 is 23.7 Å². The van der Waals surface area contributed by atoms with Gasteiger partial charge in [-0.1, -0.05) is 30.3 Å². The van der Waals surface area contributed by atoms with E-state index in [4.69, 9.17) is 28.8 Å². The molecule has 1 atom stereocenters. The Labute approximate surface area is 305 Å². The third kappa shape index (κ3) is 8.82. The molecule has 0 saturated carbocycles. The third-order valence-corrected chi connectivity index (χ3v) is 9.27. The van der Waals surface area contributed by atoms with Crippen molar-refractivity contribution in [1.82, 2.24) is 0 Å². The Hall–Kier alpha value is -5.59. The van der Waals surface area contributed by atoms with Crippen LogP contribution in [0.1, 0.15) is 34.7 Å². The molecule has 11 heteroatoms. The normalized spacial score (nSPS) is 17.7. The van der Waals surface area contributed by atoms with Crippen molar-refractivity contribution in [2.24, 2.45) is 5.10 Å². The maximum absolute atomic E-state index is 9.38. The van der Waals surface area contributed by atoms with E-state index in [1.165, 1.54) is 0 Å². The van der Waals surface area contributed by atoms with Gasteiger partial charge in [0.1, 0.15) is 11.5 Å². The van der Waals surface area contributed by atoms with Gasteiger partial charge in [-0.3, -0.25) is 5.01 Å². The van der Waals surface area contributed by atoms with Crippen LogP contribution in [0.25, 0.3) is 0 Å². The summed E-state index contributed by atoms with van der Waals surface area (Å²) in [4.78, 5) is 4.48. The molecule has 0 spiro atoms. The first-order valence-electron chi connectivity index (χ1n) is 17.5. The molecule has 4 aromatic carbocycles. The summed E-state index contributed by atoms with van der Waals surface area (Å²) in [5.41, 5.74) is 6.94. The molecule has 0 radical (unpaired) electrons. The van der Waals surface area contributed by atoms with Crippen LogP contribution in [0.2, 0.25) is 0 Å². The number of para-hydroxylation sites is 2. The molecule has 0 bridgehead atoms. The van der Waals surface area contributed by atoms with Gasteiger partial charge in [0.15, 0.2) is 0 Å². The van der Waals surface area contributed by atoms with Gasteiger partial charge in [-0.2, -0.15) is 15.6 Å². The fourth-order valence-electron chi connectivity index (χ4n) is 6.49. The van der Waals surface area contributed by atoms with Crippen LogP contribution in [-0.4, -0.2) is 85.8 Å². The highest BCUT2D eigenvalue weighted by Crippen LogP contribution is 2.40.